The van der Waals surface area contributed by atoms with Gasteiger partial charge in [-0.25, -0.2) is 0 Å². The third-order valence-corrected chi connectivity index (χ3v) is 8.01. The number of carbonyl (C=O) groups is 2. The maximum absolute atomic E-state index is 13.1. The SMILES string of the molecule is CN(C)/C=N/S(=O)(=O)c1cc(NC(=O)Cc2ccccc2Cl)cc2c1CCN(C(=O)C1CCC1)C2. The second-order valence-electron chi connectivity index (χ2n) is 9.23. The largest absolute Gasteiger partial charge is 0.368 e. The van der Waals surface area contributed by atoms with E-state index in [1.54, 1.807) is 49.3 Å². The van der Waals surface area contributed by atoms with E-state index in [0.29, 0.717) is 46.9 Å². The number of hydrogen-bond donors (Lipinski definition) is 1. The summed E-state index contributed by atoms with van der Waals surface area (Å²) in [5.74, 6) is -0.149. The molecule has 1 aliphatic heterocycles. The number of fused-ring (bicyclic) bond motifs is 1. The molecule has 0 bridgehead atoms. The number of halogens is 1. The molecule has 0 saturated heterocycles. The molecule has 1 aliphatic carbocycles. The molecular weight excluding hydrogens is 488 g/mol. The van der Waals surface area contributed by atoms with E-state index in [-0.39, 0.29) is 29.0 Å². The number of anilines is 1. The van der Waals surface area contributed by atoms with Gasteiger partial charge in [-0.3, -0.25) is 9.59 Å². The van der Waals surface area contributed by atoms with Crippen LogP contribution in [-0.4, -0.2) is 57.0 Å². The predicted octanol–water partition coefficient (Wildman–Crippen LogP) is 3.48. The molecule has 0 spiro atoms. The van der Waals surface area contributed by atoms with Crippen LogP contribution in [0, 0.1) is 5.92 Å². The van der Waals surface area contributed by atoms with Crippen molar-refractivity contribution in [3.8, 4) is 0 Å². The van der Waals surface area contributed by atoms with Gasteiger partial charge in [-0.2, -0.15) is 8.42 Å². The van der Waals surface area contributed by atoms with Gasteiger partial charge in [0.05, 0.1) is 11.3 Å². The van der Waals surface area contributed by atoms with Gasteiger partial charge in [-0.15, -0.1) is 4.40 Å². The van der Waals surface area contributed by atoms with Crippen LogP contribution in [0.2, 0.25) is 5.02 Å². The molecule has 2 aromatic carbocycles. The van der Waals surface area contributed by atoms with Crippen molar-refractivity contribution in [2.45, 2.75) is 43.5 Å². The van der Waals surface area contributed by atoms with Crippen molar-refractivity contribution < 1.29 is 18.0 Å². The van der Waals surface area contributed by atoms with Crippen LogP contribution in [-0.2, 0) is 39.0 Å². The standard InChI is InChI=1S/C25H29ClN4O4S/c1-29(2)16-27-35(33,34)23-14-20(28-24(31)13-18-6-3-4-9-22(18)26)12-19-15-30(11-10-21(19)23)25(32)17-7-5-8-17/h3-4,6,9,12,14,16-17H,5,7-8,10-11,13,15H2,1-2H3,(H,28,31)/b27-16+. The summed E-state index contributed by atoms with van der Waals surface area (Å²) >= 11 is 6.18. The summed E-state index contributed by atoms with van der Waals surface area (Å²) in [6.07, 6.45) is 4.56. The Morgan fingerprint density at radius 3 is 2.63 bits per heavy atom. The lowest BCUT2D eigenvalue weighted by Crippen LogP contribution is -2.42. The van der Waals surface area contributed by atoms with Crippen molar-refractivity contribution in [2.75, 3.05) is 26.0 Å². The van der Waals surface area contributed by atoms with Crippen LogP contribution in [0.5, 0.6) is 0 Å². The summed E-state index contributed by atoms with van der Waals surface area (Å²) in [7, 11) is -0.648. The van der Waals surface area contributed by atoms with Gasteiger partial charge in [0, 0.05) is 43.8 Å². The molecule has 10 heteroatoms. The van der Waals surface area contributed by atoms with Gasteiger partial charge < -0.3 is 15.1 Å². The summed E-state index contributed by atoms with van der Waals surface area (Å²) in [6.45, 7) is 0.763. The molecule has 2 aromatic rings. The quantitative estimate of drug-likeness (QED) is 0.448. The van der Waals surface area contributed by atoms with Gasteiger partial charge in [-0.05, 0) is 54.2 Å². The molecule has 2 amide bonds. The molecule has 2 aliphatic rings. The Hall–Kier alpha value is -2.91. The van der Waals surface area contributed by atoms with Crippen molar-refractivity contribution in [3.05, 3.63) is 58.1 Å². The van der Waals surface area contributed by atoms with Crippen LogP contribution < -0.4 is 5.32 Å². The Balaban J connectivity index is 1.65. The Morgan fingerprint density at radius 2 is 1.97 bits per heavy atom. The normalized spacial score (nSPS) is 16.0. The minimum absolute atomic E-state index is 0.0456. The van der Waals surface area contributed by atoms with Gasteiger partial charge in [0.2, 0.25) is 11.8 Å². The molecule has 1 saturated carbocycles. The van der Waals surface area contributed by atoms with E-state index in [2.05, 4.69) is 9.71 Å². The van der Waals surface area contributed by atoms with E-state index in [0.717, 1.165) is 19.3 Å². The van der Waals surface area contributed by atoms with Crippen LogP contribution in [0.25, 0.3) is 0 Å². The van der Waals surface area contributed by atoms with Gasteiger partial charge >= 0.3 is 0 Å². The maximum Gasteiger partial charge on any atom is 0.284 e. The second kappa shape index (κ2) is 10.4. The highest BCUT2D eigenvalue weighted by Crippen LogP contribution is 2.34. The molecule has 0 atom stereocenters. The Morgan fingerprint density at radius 1 is 1.23 bits per heavy atom. The number of benzene rings is 2. The first kappa shape index (κ1) is 25.2. The van der Waals surface area contributed by atoms with Crippen LogP contribution in [0.4, 0.5) is 5.69 Å². The average Bonchev–Trinajstić information content (AvgIpc) is 2.77. The number of amides is 2. The van der Waals surface area contributed by atoms with Crippen molar-refractivity contribution in [3.63, 3.8) is 0 Å². The minimum atomic E-state index is -4.02. The van der Waals surface area contributed by atoms with Crippen LogP contribution in [0.1, 0.15) is 36.0 Å². The molecule has 1 fully saturated rings. The summed E-state index contributed by atoms with van der Waals surface area (Å²) in [5, 5.41) is 3.29. The molecule has 0 unspecified atom stereocenters. The lowest BCUT2D eigenvalue weighted by Gasteiger charge is -2.35. The second-order valence-corrected chi connectivity index (χ2v) is 11.2. The number of carbonyl (C=O) groups excluding carboxylic acids is 2. The van der Waals surface area contributed by atoms with Crippen molar-refractivity contribution in [2.24, 2.45) is 10.3 Å². The molecule has 0 aromatic heterocycles. The summed E-state index contributed by atoms with van der Waals surface area (Å²) in [4.78, 5) is 29.0. The first-order valence-electron chi connectivity index (χ1n) is 11.6. The van der Waals surface area contributed by atoms with Crippen LogP contribution in [0.3, 0.4) is 0 Å². The Bertz CT molecular complexity index is 1270. The Labute approximate surface area is 211 Å². The zero-order valence-corrected chi connectivity index (χ0v) is 21.4. The smallest absolute Gasteiger partial charge is 0.284 e. The van der Waals surface area contributed by atoms with Crippen molar-refractivity contribution >= 4 is 45.5 Å². The zero-order chi connectivity index (χ0) is 25.2. The summed E-state index contributed by atoms with van der Waals surface area (Å²) in [5.41, 5.74) is 2.36. The third kappa shape index (κ3) is 5.85. The highest BCUT2D eigenvalue weighted by atomic mass is 35.5. The highest BCUT2D eigenvalue weighted by molar-refractivity contribution is 7.90. The van der Waals surface area contributed by atoms with Crippen LogP contribution >= 0.6 is 11.6 Å². The monoisotopic (exact) mass is 516 g/mol. The van der Waals surface area contributed by atoms with E-state index in [4.69, 9.17) is 11.6 Å². The maximum atomic E-state index is 13.1. The molecule has 35 heavy (non-hydrogen) atoms. The van der Waals surface area contributed by atoms with E-state index in [1.165, 1.54) is 17.3 Å². The third-order valence-electron chi connectivity index (χ3n) is 6.35. The number of rotatable bonds is 7. The predicted molar refractivity (Wildman–Crippen MR) is 136 cm³/mol. The van der Waals surface area contributed by atoms with E-state index >= 15 is 0 Å². The highest BCUT2D eigenvalue weighted by Gasteiger charge is 2.33. The van der Waals surface area contributed by atoms with E-state index in [1.807, 2.05) is 0 Å². The summed E-state index contributed by atoms with van der Waals surface area (Å²) < 4.78 is 30.1. The molecule has 0 radical (unpaired) electrons. The molecule has 8 nitrogen and oxygen atoms in total. The van der Waals surface area contributed by atoms with Gasteiger partial charge in [-0.1, -0.05) is 36.2 Å². The number of hydrogen-bond acceptors (Lipinski definition) is 4. The fraction of sp³-hybridized carbons (Fsp3) is 0.400. The number of nitrogens with one attached hydrogen (secondary N) is 1. The first-order valence-corrected chi connectivity index (χ1v) is 13.4. The zero-order valence-electron chi connectivity index (χ0n) is 19.8. The molecule has 186 valence electrons. The summed E-state index contributed by atoms with van der Waals surface area (Å²) in [6, 6.07) is 10.3. The molecule has 1 N–H and O–H groups in total. The lowest BCUT2D eigenvalue weighted by molar-refractivity contribution is -0.139. The van der Waals surface area contributed by atoms with E-state index in [9.17, 15) is 18.0 Å². The van der Waals surface area contributed by atoms with Crippen molar-refractivity contribution in [1.82, 2.24) is 9.80 Å². The van der Waals surface area contributed by atoms with Gasteiger partial charge in [0.1, 0.15) is 6.34 Å². The molecule has 1 heterocycles. The Kier molecular flexibility index (Phi) is 7.47. The van der Waals surface area contributed by atoms with Crippen molar-refractivity contribution in [1.29, 1.82) is 0 Å². The average molecular weight is 517 g/mol. The topological polar surface area (TPSA) is 99.2 Å². The lowest BCUT2D eigenvalue weighted by atomic mass is 9.83. The fourth-order valence-electron chi connectivity index (χ4n) is 4.30. The van der Waals surface area contributed by atoms with E-state index < -0.39 is 10.0 Å². The number of sulfonamides is 1. The molecular formula is C25H29ClN4O4S. The number of nitrogens with zero attached hydrogens (tertiary/aromatic N) is 3. The van der Waals surface area contributed by atoms with Gasteiger partial charge in [0.15, 0.2) is 0 Å². The minimum Gasteiger partial charge on any atom is -0.368 e. The van der Waals surface area contributed by atoms with Gasteiger partial charge in [0.25, 0.3) is 10.0 Å². The first-order chi connectivity index (χ1) is 16.6. The molecule has 4 rings (SSSR count). The van der Waals surface area contributed by atoms with Crippen LogP contribution in [0.15, 0.2) is 45.7 Å². The fourth-order valence-corrected chi connectivity index (χ4v) is 5.75.